The molecule has 0 amide bonds. The molecule has 15 heavy (non-hydrogen) atoms. The van der Waals surface area contributed by atoms with Gasteiger partial charge in [-0.1, -0.05) is 0 Å². The van der Waals surface area contributed by atoms with Gasteiger partial charge in [-0.2, -0.15) is 11.8 Å². The number of nitrogens with zero attached hydrogens (tertiary/aromatic N) is 1. The zero-order valence-corrected chi connectivity index (χ0v) is 11.4. The molecular weight excluding hydrogens is 204 g/mol. The number of hydrogen-bond donors (Lipinski definition) is 1. The second-order valence-electron chi connectivity index (χ2n) is 4.99. The van der Waals surface area contributed by atoms with Gasteiger partial charge in [0.25, 0.3) is 0 Å². The molecule has 1 fully saturated rings. The van der Waals surface area contributed by atoms with E-state index in [1.54, 1.807) is 0 Å². The first-order valence-electron chi connectivity index (χ1n) is 6.06. The number of hydrogen-bond acceptors (Lipinski definition) is 3. The van der Waals surface area contributed by atoms with Crippen molar-refractivity contribution < 1.29 is 0 Å². The fraction of sp³-hybridized carbons (Fsp3) is 1.00. The van der Waals surface area contributed by atoms with Gasteiger partial charge in [0.1, 0.15) is 0 Å². The largest absolute Gasteiger partial charge is 0.314 e. The Bertz CT molecular complexity index is 175. The van der Waals surface area contributed by atoms with Crippen LogP contribution >= 0.6 is 11.8 Å². The summed E-state index contributed by atoms with van der Waals surface area (Å²) in [5.74, 6) is 2.15. The van der Waals surface area contributed by atoms with Gasteiger partial charge in [-0.3, -0.25) is 0 Å². The average Bonchev–Trinajstić information content (AvgIpc) is 2.18. The van der Waals surface area contributed by atoms with Crippen LogP contribution < -0.4 is 5.32 Å². The summed E-state index contributed by atoms with van der Waals surface area (Å²) in [4.78, 5) is 2.53. The molecule has 0 spiro atoms. The Morgan fingerprint density at radius 1 is 1.53 bits per heavy atom. The van der Waals surface area contributed by atoms with Gasteiger partial charge in [0, 0.05) is 24.4 Å². The molecule has 1 heterocycles. The van der Waals surface area contributed by atoms with Gasteiger partial charge in [-0.05, 0) is 52.5 Å². The van der Waals surface area contributed by atoms with Crippen LogP contribution in [0.2, 0.25) is 0 Å². The van der Waals surface area contributed by atoms with Crippen molar-refractivity contribution in [1.29, 1.82) is 0 Å². The highest BCUT2D eigenvalue weighted by atomic mass is 32.2. The maximum absolute atomic E-state index is 3.52. The monoisotopic (exact) mass is 230 g/mol. The predicted molar refractivity (Wildman–Crippen MR) is 70.7 cm³/mol. The van der Waals surface area contributed by atoms with Crippen LogP contribution in [0.25, 0.3) is 0 Å². The van der Waals surface area contributed by atoms with E-state index in [1.807, 2.05) is 11.8 Å². The predicted octanol–water partition coefficient (Wildman–Crippen LogP) is 2.06. The highest BCUT2D eigenvalue weighted by Gasteiger charge is 2.21. The molecule has 1 aliphatic heterocycles. The Balaban J connectivity index is 2.26. The van der Waals surface area contributed by atoms with Gasteiger partial charge >= 0.3 is 0 Å². The zero-order valence-electron chi connectivity index (χ0n) is 10.6. The SMILES string of the molecule is CSCC(C)N(C)CC1CCNC(C)C1. The Kier molecular flexibility index (Phi) is 6.02. The van der Waals surface area contributed by atoms with Crippen molar-refractivity contribution in [3.05, 3.63) is 0 Å². The van der Waals surface area contributed by atoms with E-state index < -0.39 is 0 Å². The van der Waals surface area contributed by atoms with Gasteiger partial charge < -0.3 is 10.2 Å². The normalized spacial score (nSPS) is 29.4. The lowest BCUT2D eigenvalue weighted by Crippen LogP contribution is -2.42. The summed E-state index contributed by atoms with van der Waals surface area (Å²) in [6, 6.07) is 1.43. The Hall–Kier alpha value is 0.270. The fourth-order valence-corrected chi connectivity index (χ4v) is 3.09. The minimum absolute atomic E-state index is 0.713. The highest BCUT2D eigenvalue weighted by Crippen LogP contribution is 2.18. The van der Waals surface area contributed by atoms with Crippen LogP contribution in [-0.4, -0.2) is 49.1 Å². The van der Waals surface area contributed by atoms with E-state index in [0.717, 1.165) is 5.92 Å². The Morgan fingerprint density at radius 2 is 2.27 bits per heavy atom. The van der Waals surface area contributed by atoms with Crippen LogP contribution in [0.3, 0.4) is 0 Å². The maximum Gasteiger partial charge on any atom is 0.0155 e. The summed E-state index contributed by atoms with van der Waals surface area (Å²) >= 11 is 1.95. The highest BCUT2D eigenvalue weighted by molar-refractivity contribution is 7.98. The second kappa shape index (κ2) is 6.77. The third kappa shape index (κ3) is 4.75. The molecule has 90 valence electrons. The first-order valence-corrected chi connectivity index (χ1v) is 7.45. The van der Waals surface area contributed by atoms with E-state index in [0.29, 0.717) is 12.1 Å². The lowest BCUT2D eigenvalue weighted by molar-refractivity contribution is 0.193. The van der Waals surface area contributed by atoms with Crippen LogP contribution in [0.1, 0.15) is 26.7 Å². The average molecular weight is 230 g/mol. The van der Waals surface area contributed by atoms with Crippen molar-refractivity contribution in [1.82, 2.24) is 10.2 Å². The Labute approximate surface area is 99.2 Å². The van der Waals surface area contributed by atoms with Crippen LogP contribution in [0.15, 0.2) is 0 Å². The standard InChI is InChI=1S/C12H26N2S/c1-10-7-12(5-6-13-10)8-14(3)11(2)9-15-4/h10-13H,5-9H2,1-4H3. The molecule has 1 saturated heterocycles. The van der Waals surface area contributed by atoms with Gasteiger partial charge in [-0.25, -0.2) is 0 Å². The van der Waals surface area contributed by atoms with E-state index in [4.69, 9.17) is 0 Å². The quantitative estimate of drug-likeness (QED) is 0.778. The maximum atomic E-state index is 3.52. The third-order valence-electron chi connectivity index (χ3n) is 3.44. The van der Waals surface area contributed by atoms with Crippen molar-refractivity contribution in [2.24, 2.45) is 5.92 Å². The number of rotatable bonds is 5. The molecule has 0 bridgehead atoms. The van der Waals surface area contributed by atoms with Gasteiger partial charge in [0.2, 0.25) is 0 Å². The molecule has 3 atom stereocenters. The van der Waals surface area contributed by atoms with Crippen LogP contribution in [-0.2, 0) is 0 Å². The van der Waals surface area contributed by atoms with Crippen molar-refractivity contribution >= 4 is 11.8 Å². The number of nitrogens with one attached hydrogen (secondary N) is 1. The van der Waals surface area contributed by atoms with E-state index in [1.165, 1.54) is 31.7 Å². The molecule has 0 radical (unpaired) electrons. The van der Waals surface area contributed by atoms with Gasteiger partial charge in [0.05, 0.1) is 0 Å². The molecule has 2 nitrogen and oxygen atoms in total. The van der Waals surface area contributed by atoms with Crippen LogP contribution in [0, 0.1) is 5.92 Å². The molecule has 0 saturated carbocycles. The zero-order chi connectivity index (χ0) is 11.3. The molecule has 0 aromatic rings. The number of piperidine rings is 1. The van der Waals surface area contributed by atoms with Crippen molar-refractivity contribution in [2.45, 2.75) is 38.8 Å². The number of thioether (sulfide) groups is 1. The van der Waals surface area contributed by atoms with E-state index in [2.05, 4.69) is 37.4 Å². The second-order valence-corrected chi connectivity index (χ2v) is 5.90. The van der Waals surface area contributed by atoms with E-state index >= 15 is 0 Å². The van der Waals surface area contributed by atoms with Crippen LogP contribution in [0.4, 0.5) is 0 Å². The molecule has 0 aromatic carbocycles. The smallest absolute Gasteiger partial charge is 0.0155 e. The molecule has 1 aliphatic rings. The van der Waals surface area contributed by atoms with Crippen molar-refractivity contribution in [3.63, 3.8) is 0 Å². The summed E-state index contributed by atoms with van der Waals surface area (Å²) < 4.78 is 0. The fourth-order valence-electron chi connectivity index (χ4n) is 2.36. The summed E-state index contributed by atoms with van der Waals surface area (Å²) in [5.41, 5.74) is 0. The minimum atomic E-state index is 0.713. The molecule has 0 aliphatic carbocycles. The van der Waals surface area contributed by atoms with E-state index in [9.17, 15) is 0 Å². The first-order chi connectivity index (χ1) is 7.13. The summed E-state index contributed by atoms with van der Waals surface area (Å²) in [6.45, 7) is 7.11. The molecule has 3 unspecified atom stereocenters. The molecule has 1 N–H and O–H groups in total. The Morgan fingerprint density at radius 3 is 2.87 bits per heavy atom. The van der Waals surface area contributed by atoms with E-state index in [-0.39, 0.29) is 0 Å². The lowest BCUT2D eigenvalue weighted by atomic mass is 9.92. The lowest BCUT2D eigenvalue weighted by Gasteiger charge is -2.33. The molecule has 3 heteroatoms. The topological polar surface area (TPSA) is 15.3 Å². The third-order valence-corrected chi connectivity index (χ3v) is 4.25. The summed E-state index contributed by atoms with van der Waals surface area (Å²) in [5, 5.41) is 3.52. The molecule has 0 aromatic heterocycles. The van der Waals surface area contributed by atoms with Crippen molar-refractivity contribution in [2.75, 3.05) is 32.1 Å². The molecule has 1 rings (SSSR count). The summed E-state index contributed by atoms with van der Waals surface area (Å²) in [7, 11) is 2.27. The van der Waals surface area contributed by atoms with Crippen molar-refractivity contribution in [3.8, 4) is 0 Å². The molecular formula is C12H26N2S. The first kappa shape index (κ1) is 13.3. The summed E-state index contributed by atoms with van der Waals surface area (Å²) in [6.07, 6.45) is 4.88. The van der Waals surface area contributed by atoms with Gasteiger partial charge in [0.15, 0.2) is 0 Å². The minimum Gasteiger partial charge on any atom is -0.314 e. The van der Waals surface area contributed by atoms with Crippen LogP contribution in [0.5, 0.6) is 0 Å². The van der Waals surface area contributed by atoms with Gasteiger partial charge in [-0.15, -0.1) is 0 Å².